The summed E-state index contributed by atoms with van der Waals surface area (Å²) in [6.07, 6.45) is 1.13. The summed E-state index contributed by atoms with van der Waals surface area (Å²) in [4.78, 5) is 16.9. The van der Waals surface area contributed by atoms with Gasteiger partial charge in [0.25, 0.3) is 10.0 Å². The second-order valence-corrected chi connectivity index (χ2v) is 9.70. The van der Waals surface area contributed by atoms with E-state index in [1.807, 2.05) is 60.7 Å². The molecule has 0 unspecified atom stereocenters. The standard InChI is InChI=1S/C24H21ClN4O4S/c1-17-14-22(28-33-17)29(34(31,32)20-12-13-21(25)26-15-20)16-23(30)27-24(18-8-4-2-5-9-18)19-10-6-3-7-11-19/h2-15,24H,16H2,1H3,(H,27,30). The zero-order chi connectivity index (χ0) is 24.1. The maximum absolute atomic E-state index is 13.4. The molecule has 0 fully saturated rings. The van der Waals surface area contributed by atoms with Crippen molar-refractivity contribution < 1.29 is 17.7 Å². The van der Waals surface area contributed by atoms with Crippen molar-refractivity contribution in [1.82, 2.24) is 15.5 Å². The molecule has 0 radical (unpaired) electrons. The number of nitrogens with zero attached hydrogens (tertiary/aromatic N) is 3. The quantitative estimate of drug-likeness (QED) is 0.368. The second kappa shape index (κ2) is 10.1. The Morgan fingerprint density at radius 3 is 2.15 bits per heavy atom. The van der Waals surface area contributed by atoms with Crippen molar-refractivity contribution in [2.24, 2.45) is 0 Å². The van der Waals surface area contributed by atoms with Crippen LogP contribution in [0.4, 0.5) is 5.82 Å². The van der Waals surface area contributed by atoms with E-state index in [2.05, 4.69) is 15.5 Å². The third-order valence-electron chi connectivity index (χ3n) is 5.02. The van der Waals surface area contributed by atoms with Crippen molar-refractivity contribution in [3.63, 3.8) is 0 Å². The number of hydrogen-bond donors (Lipinski definition) is 1. The minimum atomic E-state index is -4.19. The predicted octanol–water partition coefficient (Wildman–Crippen LogP) is 4.13. The van der Waals surface area contributed by atoms with Gasteiger partial charge < -0.3 is 9.84 Å². The van der Waals surface area contributed by atoms with E-state index in [4.69, 9.17) is 16.1 Å². The van der Waals surface area contributed by atoms with Crippen molar-refractivity contribution in [3.8, 4) is 0 Å². The summed E-state index contributed by atoms with van der Waals surface area (Å²) in [6.45, 7) is 1.11. The maximum atomic E-state index is 13.4. The van der Waals surface area contributed by atoms with Gasteiger partial charge in [-0.2, -0.15) is 0 Å². The molecule has 0 atom stereocenters. The van der Waals surface area contributed by atoms with Crippen LogP contribution in [-0.4, -0.2) is 31.0 Å². The minimum absolute atomic E-state index is 0.0152. The molecule has 1 N–H and O–H groups in total. The van der Waals surface area contributed by atoms with Crippen LogP contribution in [0.1, 0.15) is 22.9 Å². The first kappa shape index (κ1) is 23.5. The lowest BCUT2D eigenvalue weighted by molar-refractivity contribution is -0.120. The lowest BCUT2D eigenvalue weighted by atomic mass is 9.99. The molecule has 34 heavy (non-hydrogen) atoms. The van der Waals surface area contributed by atoms with Crippen LogP contribution in [-0.2, 0) is 14.8 Å². The van der Waals surface area contributed by atoms with E-state index in [1.54, 1.807) is 6.92 Å². The Morgan fingerprint density at radius 1 is 1.03 bits per heavy atom. The van der Waals surface area contributed by atoms with Gasteiger partial charge in [-0.1, -0.05) is 77.4 Å². The maximum Gasteiger partial charge on any atom is 0.267 e. The number of rotatable bonds is 8. The van der Waals surface area contributed by atoms with Crippen LogP contribution in [0.25, 0.3) is 0 Å². The monoisotopic (exact) mass is 496 g/mol. The molecule has 4 aromatic rings. The Labute approximate surface area is 202 Å². The van der Waals surface area contributed by atoms with Gasteiger partial charge in [0.1, 0.15) is 22.4 Å². The van der Waals surface area contributed by atoms with Crippen LogP contribution in [0.3, 0.4) is 0 Å². The van der Waals surface area contributed by atoms with Gasteiger partial charge in [0.15, 0.2) is 5.82 Å². The number of nitrogens with one attached hydrogen (secondary N) is 1. The first-order valence-corrected chi connectivity index (χ1v) is 12.1. The summed E-state index contributed by atoms with van der Waals surface area (Å²) in [5.41, 5.74) is 1.71. The van der Waals surface area contributed by atoms with Crippen LogP contribution >= 0.6 is 11.6 Å². The molecule has 10 heteroatoms. The van der Waals surface area contributed by atoms with Gasteiger partial charge in [-0.3, -0.25) is 4.79 Å². The number of halogens is 1. The minimum Gasteiger partial charge on any atom is -0.360 e. The first-order valence-electron chi connectivity index (χ1n) is 10.3. The van der Waals surface area contributed by atoms with Crippen LogP contribution < -0.4 is 9.62 Å². The highest BCUT2D eigenvalue weighted by atomic mass is 35.5. The van der Waals surface area contributed by atoms with Gasteiger partial charge in [-0.15, -0.1) is 0 Å². The van der Waals surface area contributed by atoms with Crippen LogP contribution in [0, 0.1) is 6.92 Å². The molecule has 0 spiro atoms. The molecule has 1 amide bonds. The van der Waals surface area contributed by atoms with E-state index in [-0.39, 0.29) is 15.9 Å². The highest BCUT2D eigenvalue weighted by Crippen LogP contribution is 2.25. The van der Waals surface area contributed by atoms with Crippen LogP contribution in [0.2, 0.25) is 5.15 Å². The van der Waals surface area contributed by atoms with Crippen molar-refractivity contribution >= 4 is 33.3 Å². The Hall–Kier alpha value is -3.69. The number of carbonyl (C=O) groups excluding carboxylic acids is 1. The summed E-state index contributed by atoms with van der Waals surface area (Å²) in [5, 5.41) is 6.92. The second-order valence-electron chi connectivity index (χ2n) is 7.45. The number of hydrogen-bond acceptors (Lipinski definition) is 6. The molecular formula is C24H21ClN4O4S. The molecule has 0 aliphatic heterocycles. The van der Waals surface area contributed by atoms with Gasteiger partial charge in [-0.25, -0.2) is 17.7 Å². The summed E-state index contributed by atoms with van der Waals surface area (Å²) in [6, 6.07) is 22.5. The van der Waals surface area contributed by atoms with Gasteiger partial charge in [0.2, 0.25) is 5.91 Å². The lowest BCUT2D eigenvalue weighted by Gasteiger charge is -2.24. The summed E-state index contributed by atoms with van der Waals surface area (Å²) >= 11 is 5.81. The third kappa shape index (κ3) is 5.27. The summed E-state index contributed by atoms with van der Waals surface area (Å²) < 4.78 is 32.7. The topological polar surface area (TPSA) is 105 Å². The Morgan fingerprint density at radius 2 is 1.65 bits per heavy atom. The number of amides is 1. The molecule has 0 aliphatic rings. The average molecular weight is 497 g/mol. The highest BCUT2D eigenvalue weighted by Gasteiger charge is 2.31. The molecule has 0 saturated heterocycles. The normalized spacial score (nSPS) is 11.4. The van der Waals surface area contributed by atoms with Crippen LogP contribution in [0.5, 0.6) is 0 Å². The van der Waals surface area contributed by atoms with Gasteiger partial charge in [0, 0.05) is 12.3 Å². The molecular weight excluding hydrogens is 476 g/mol. The molecule has 8 nitrogen and oxygen atoms in total. The van der Waals surface area contributed by atoms with E-state index >= 15 is 0 Å². The van der Waals surface area contributed by atoms with Crippen molar-refractivity contribution in [2.75, 3.05) is 10.8 Å². The molecule has 2 heterocycles. The van der Waals surface area contributed by atoms with Crippen LogP contribution in [0.15, 0.2) is 94.5 Å². The fraction of sp³-hybridized carbons (Fsp3) is 0.125. The fourth-order valence-corrected chi connectivity index (χ4v) is 4.80. The molecule has 4 rings (SSSR count). The van der Waals surface area contributed by atoms with E-state index in [0.29, 0.717) is 5.76 Å². The van der Waals surface area contributed by atoms with Gasteiger partial charge in [-0.05, 0) is 30.2 Å². The predicted molar refractivity (Wildman–Crippen MR) is 128 cm³/mol. The lowest BCUT2D eigenvalue weighted by Crippen LogP contribution is -2.42. The molecule has 0 bridgehead atoms. The van der Waals surface area contributed by atoms with Gasteiger partial charge in [0.05, 0.1) is 6.04 Å². The van der Waals surface area contributed by atoms with E-state index < -0.39 is 28.5 Å². The van der Waals surface area contributed by atoms with Crippen molar-refractivity contribution in [2.45, 2.75) is 17.9 Å². The number of pyridine rings is 1. The number of aromatic nitrogens is 2. The number of anilines is 1. The zero-order valence-electron chi connectivity index (χ0n) is 18.1. The SMILES string of the molecule is Cc1cc(N(CC(=O)NC(c2ccccc2)c2ccccc2)S(=O)(=O)c2ccc(Cl)nc2)no1. The van der Waals surface area contributed by atoms with Gasteiger partial charge >= 0.3 is 0 Å². The largest absolute Gasteiger partial charge is 0.360 e. The van der Waals surface area contributed by atoms with Crippen molar-refractivity contribution in [3.05, 3.63) is 107 Å². The molecule has 0 saturated carbocycles. The molecule has 2 aromatic carbocycles. The Bertz CT molecular complexity index is 1320. The summed E-state index contributed by atoms with van der Waals surface area (Å²) in [7, 11) is -4.19. The molecule has 174 valence electrons. The van der Waals surface area contributed by atoms with E-state index in [9.17, 15) is 13.2 Å². The number of sulfonamides is 1. The smallest absolute Gasteiger partial charge is 0.267 e. The summed E-state index contributed by atoms with van der Waals surface area (Å²) in [5.74, 6) is -0.140. The molecule has 0 aliphatic carbocycles. The third-order valence-corrected chi connectivity index (χ3v) is 6.97. The Balaban J connectivity index is 1.66. The number of benzene rings is 2. The highest BCUT2D eigenvalue weighted by molar-refractivity contribution is 7.92. The number of aryl methyl sites for hydroxylation is 1. The van der Waals surface area contributed by atoms with E-state index in [0.717, 1.165) is 21.6 Å². The average Bonchev–Trinajstić information content (AvgIpc) is 3.28. The Kier molecular flexibility index (Phi) is 6.95. The zero-order valence-corrected chi connectivity index (χ0v) is 19.7. The number of carbonyl (C=O) groups is 1. The fourth-order valence-electron chi connectivity index (χ4n) is 3.39. The van der Waals surface area contributed by atoms with Crippen molar-refractivity contribution in [1.29, 1.82) is 0 Å². The molecule has 2 aromatic heterocycles. The van der Waals surface area contributed by atoms with E-state index in [1.165, 1.54) is 18.2 Å². The first-order chi connectivity index (χ1) is 16.3.